The van der Waals surface area contributed by atoms with Crippen LogP contribution >= 0.6 is 7.37 Å². The van der Waals surface area contributed by atoms with Gasteiger partial charge in [-0.05, 0) is 6.42 Å². The van der Waals surface area contributed by atoms with Crippen LogP contribution < -0.4 is 0 Å². The molecule has 0 aliphatic heterocycles. The predicted octanol–water partition coefficient (Wildman–Crippen LogP) is 5.46. The zero-order valence-corrected chi connectivity index (χ0v) is 12.9. The first-order valence-electron chi connectivity index (χ1n) is 7.41. The maximum atomic E-state index is 11.9. The summed E-state index contributed by atoms with van der Waals surface area (Å²) >= 11 is 0. The molecule has 0 aliphatic carbocycles. The highest BCUT2D eigenvalue weighted by molar-refractivity contribution is 7.58. The Morgan fingerprint density at radius 3 is 1.71 bits per heavy atom. The Bertz CT molecular complexity index is 196. The third kappa shape index (κ3) is 9.85. The van der Waals surface area contributed by atoms with Gasteiger partial charge in [0.05, 0.1) is 6.61 Å². The van der Waals surface area contributed by atoms with E-state index in [1.807, 2.05) is 13.8 Å². The lowest BCUT2D eigenvalue weighted by Gasteiger charge is -2.14. The van der Waals surface area contributed by atoms with Gasteiger partial charge in [0, 0.05) is 12.3 Å². The van der Waals surface area contributed by atoms with Gasteiger partial charge in [-0.15, -0.1) is 0 Å². The van der Waals surface area contributed by atoms with E-state index in [9.17, 15) is 4.57 Å². The van der Waals surface area contributed by atoms with Crippen molar-refractivity contribution in [1.82, 2.24) is 0 Å². The van der Waals surface area contributed by atoms with Crippen LogP contribution in [0.2, 0.25) is 0 Å². The molecule has 0 rings (SSSR count). The summed E-state index contributed by atoms with van der Waals surface area (Å²) in [6.07, 6.45) is 11.7. The summed E-state index contributed by atoms with van der Waals surface area (Å²) < 4.78 is 17.5. The molecular formula is C14H31O2P. The summed E-state index contributed by atoms with van der Waals surface area (Å²) in [5.41, 5.74) is 0. The second-order valence-corrected chi connectivity index (χ2v) is 7.91. The fourth-order valence-corrected chi connectivity index (χ4v) is 3.15. The summed E-state index contributed by atoms with van der Waals surface area (Å²) in [5.74, 6) is 0. The van der Waals surface area contributed by atoms with Gasteiger partial charge in [-0.2, -0.15) is 0 Å². The summed E-state index contributed by atoms with van der Waals surface area (Å²) in [7, 11) is -2.25. The molecule has 0 spiro atoms. The predicted molar refractivity (Wildman–Crippen MR) is 77.3 cm³/mol. The third-order valence-corrected chi connectivity index (χ3v) is 5.87. The highest BCUT2D eigenvalue weighted by Gasteiger charge is 2.16. The Labute approximate surface area is 108 Å². The normalized spacial score (nSPS) is 11.9. The monoisotopic (exact) mass is 262 g/mol. The molecule has 0 N–H and O–H groups in total. The van der Waals surface area contributed by atoms with Crippen molar-refractivity contribution in [2.24, 2.45) is 0 Å². The van der Waals surface area contributed by atoms with Gasteiger partial charge < -0.3 is 4.52 Å². The van der Waals surface area contributed by atoms with Gasteiger partial charge in [0.15, 0.2) is 0 Å². The maximum Gasteiger partial charge on any atom is 0.202 e. The van der Waals surface area contributed by atoms with Gasteiger partial charge >= 0.3 is 0 Å². The van der Waals surface area contributed by atoms with Crippen molar-refractivity contribution < 1.29 is 9.09 Å². The zero-order chi connectivity index (χ0) is 13.0. The molecule has 0 heterocycles. The van der Waals surface area contributed by atoms with Gasteiger partial charge in [-0.25, -0.2) is 0 Å². The number of unbranched alkanes of at least 4 members (excludes halogenated alkanes) is 7. The molecule has 0 fully saturated rings. The van der Waals surface area contributed by atoms with E-state index in [0.717, 1.165) is 6.42 Å². The van der Waals surface area contributed by atoms with E-state index in [0.29, 0.717) is 18.9 Å². The van der Waals surface area contributed by atoms with E-state index in [2.05, 4.69) is 6.92 Å². The molecule has 0 bridgehead atoms. The highest BCUT2D eigenvalue weighted by atomic mass is 31.2. The molecular weight excluding hydrogens is 231 g/mol. The summed E-state index contributed by atoms with van der Waals surface area (Å²) in [6, 6.07) is 0. The number of hydrogen-bond acceptors (Lipinski definition) is 2. The first-order valence-corrected chi connectivity index (χ1v) is 9.40. The van der Waals surface area contributed by atoms with Crippen LogP contribution in [0.1, 0.15) is 72.1 Å². The van der Waals surface area contributed by atoms with E-state index in [4.69, 9.17) is 4.52 Å². The minimum absolute atomic E-state index is 0.681. The largest absolute Gasteiger partial charge is 0.328 e. The lowest BCUT2D eigenvalue weighted by Crippen LogP contribution is -1.98. The molecule has 0 aromatic rings. The number of hydrogen-bond donors (Lipinski definition) is 0. The van der Waals surface area contributed by atoms with Crippen LogP contribution in [-0.2, 0) is 9.09 Å². The molecule has 3 heteroatoms. The van der Waals surface area contributed by atoms with Crippen molar-refractivity contribution in [2.75, 3.05) is 18.9 Å². The molecule has 0 atom stereocenters. The molecule has 0 aromatic carbocycles. The van der Waals surface area contributed by atoms with Crippen LogP contribution in [0.5, 0.6) is 0 Å². The van der Waals surface area contributed by atoms with Crippen molar-refractivity contribution in [3.63, 3.8) is 0 Å². The molecule has 0 saturated carbocycles. The van der Waals surface area contributed by atoms with Gasteiger partial charge in [0.25, 0.3) is 0 Å². The van der Waals surface area contributed by atoms with Crippen molar-refractivity contribution >= 4 is 7.37 Å². The molecule has 0 amide bonds. The Hall–Kier alpha value is 0.190. The Kier molecular flexibility index (Phi) is 11.4. The Balaban J connectivity index is 3.26. The molecule has 17 heavy (non-hydrogen) atoms. The first-order chi connectivity index (χ1) is 8.18. The van der Waals surface area contributed by atoms with Crippen LogP contribution in [0, 0.1) is 0 Å². The van der Waals surface area contributed by atoms with Gasteiger partial charge in [0.1, 0.15) is 0 Å². The molecule has 2 nitrogen and oxygen atoms in total. The Morgan fingerprint density at radius 1 is 0.765 bits per heavy atom. The average molecular weight is 262 g/mol. The standard InChI is InChI=1S/C14H31O2P/c1-4-7-8-9-10-11-12-13-14-16-17(15,5-2)6-3/h4-14H2,1-3H3. The maximum absolute atomic E-state index is 11.9. The average Bonchev–Trinajstić information content (AvgIpc) is 2.36. The molecule has 0 unspecified atom stereocenters. The van der Waals surface area contributed by atoms with E-state index >= 15 is 0 Å². The SMILES string of the molecule is CCCCCCCCCCOP(=O)(CC)CC. The third-order valence-electron chi connectivity index (χ3n) is 3.29. The lowest BCUT2D eigenvalue weighted by atomic mass is 10.1. The molecule has 104 valence electrons. The molecule has 0 radical (unpaired) electrons. The van der Waals surface area contributed by atoms with Crippen LogP contribution in [0.15, 0.2) is 0 Å². The fraction of sp³-hybridized carbons (Fsp3) is 1.00. The second-order valence-electron chi connectivity index (χ2n) is 4.76. The van der Waals surface area contributed by atoms with Crippen molar-refractivity contribution in [1.29, 1.82) is 0 Å². The smallest absolute Gasteiger partial charge is 0.202 e. The minimum atomic E-state index is -2.25. The van der Waals surface area contributed by atoms with Crippen LogP contribution in [0.4, 0.5) is 0 Å². The molecule has 0 aromatic heterocycles. The molecule has 0 aliphatic rings. The van der Waals surface area contributed by atoms with Crippen LogP contribution in [0.25, 0.3) is 0 Å². The fourth-order valence-electron chi connectivity index (χ4n) is 1.87. The van der Waals surface area contributed by atoms with Crippen molar-refractivity contribution in [3.8, 4) is 0 Å². The summed E-state index contributed by atoms with van der Waals surface area (Å²) in [5, 5.41) is 0. The topological polar surface area (TPSA) is 26.3 Å². The number of rotatable bonds is 12. The highest BCUT2D eigenvalue weighted by Crippen LogP contribution is 2.45. The molecule has 0 saturated heterocycles. The minimum Gasteiger partial charge on any atom is -0.328 e. The van der Waals surface area contributed by atoms with Crippen molar-refractivity contribution in [2.45, 2.75) is 72.1 Å². The van der Waals surface area contributed by atoms with Crippen LogP contribution in [0.3, 0.4) is 0 Å². The summed E-state index contributed by atoms with van der Waals surface area (Å²) in [6.45, 7) is 6.85. The summed E-state index contributed by atoms with van der Waals surface area (Å²) in [4.78, 5) is 0. The second kappa shape index (κ2) is 11.3. The van der Waals surface area contributed by atoms with Crippen molar-refractivity contribution in [3.05, 3.63) is 0 Å². The quantitative estimate of drug-likeness (QED) is 0.345. The van der Waals surface area contributed by atoms with E-state index in [1.165, 1.54) is 44.9 Å². The zero-order valence-electron chi connectivity index (χ0n) is 12.0. The Morgan fingerprint density at radius 2 is 1.24 bits per heavy atom. The van der Waals surface area contributed by atoms with Crippen LogP contribution in [-0.4, -0.2) is 18.9 Å². The van der Waals surface area contributed by atoms with E-state index < -0.39 is 7.37 Å². The van der Waals surface area contributed by atoms with E-state index in [1.54, 1.807) is 0 Å². The lowest BCUT2D eigenvalue weighted by molar-refractivity contribution is 0.302. The van der Waals surface area contributed by atoms with Gasteiger partial charge in [-0.3, -0.25) is 4.57 Å². The van der Waals surface area contributed by atoms with Gasteiger partial charge in [-0.1, -0.05) is 65.7 Å². The van der Waals surface area contributed by atoms with E-state index in [-0.39, 0.29) is 0 Å². The van der Waals surface area contributed by atoms with Gasteiger partial charge in [0.2, 0.25) is 7.37 Å². The first kappa shape index (κ1) is 17.2.